The lowest BCUT2D eigenvalue weighted by molar-refractivity contribution is -0.0112. The maximum atomic E-state index is 13.4. The van der Waals surface area contributed by atoms with Gasteiger partial charge in [-0.1, -0.05) is 12.1 Å². The minimum atomic E-state index is -1.70. The summed E-state index contributed by atoms with van der Waals surface area (Å²) >= 11 is 0. The van der Waals surface area contributed by atoms with Gasteiger partial charge in [0.1, 0.15) is 0 Å². The Hall–Kier alpha value is -3.20. The summed E-state index contributed by atoms with van der Waals surface area (Å²) in [6.07, 6.45) is -1.30. The second-order valence-corrected chi connectivity index (χ2v) is 4.86. The molecular formula is C12H6F3N7O. The minimum absolute atomic E-state index is 0.0666. The molecule has 0 aliphatic carbocycles. The van der Waals surface area contributed by atoms with E-state index in [1.807, 2.05) is 0 Å². The quantitative estimate of drug-likeness (QED) is 0.452. The summed E-state index contributed by atoms with van der Waals surface area (Å²) in [6.45, 7) is 0. The van der Waals surface area contributed by atoms with Crippen molar-refractivity contribution in [3.05, 3.63) is 29.8 Å². The first-order valence-electron chi connectivity index (χ1n) is 6.36. The van der Waals surface area contributed by atoms with Crippen LogP contribution in [0.5, 0.6) is 0 Å². The fourth-order valence-electron chi connectivity index (χ4n) is 2.37. The number of aliphatic imine (C=N–C) groups is 1. The number of amidine groups is 3. The van der Waals surface area contributed by atoms with Crippen LogP contribution in [0.15, 0.2) is 44.6 Å². The van der Waals surface area contributed by atoms with Gasteiger partial charge < -0.3 is 0 Å². The predicted molar refractivity (Wildman–Crippen MR) is 71.8 cm³/mol. The molecule has 0 spiro atoms. The number of hydrogen-bond donors (Lipinski definition) is 0. The summed E-state index contributed by atoms with van der Waals surface area (Å²) in [4.78, 5) is 13.6. The molecular weight excluding hydrogens is 315 g/mol. The van der Waals surface area contributed by atoms with E-state index >= 15 is 0 Å². The molecule has 0 radical (unpaired) electrons. The second-order valence-electron chi connectivity index (χ2n) is 4.86. The van der Waals surface area contributed by atoms with Gasteiger partial charge in [0.25, 0.3) is 5.79 Å². The third kappa shape index (κ3) is 2.06. The van der Waals surface area contributed by atoms with E-state index in [1.165, 1.54) is 18.2 Å². The van der Waals surface area contributed by atoms with Gasteiger partial charge in [0.15, 0.2) is 0 Å². The van der Waals surface area contributed by atoms with E-state index in [1.54, 1.807) is 12.1 Å². The molecule has 3 heterocycles. The normalized spacial score (nSPS) is 18.0. The van der Waals surface area contributed by atoms with Gasteiger partial charge in [0.2, 0.25) is 6.08 Å². The molecule has 0 saturated heterocycles. The summed E-state index contributed by atoms with van der Waals surface area (Å²) in [5.74, 6) is -1.70. The Kier molecular flexibility index (Phi) is 2.57. The molecule has 0 fully saturated rings. The number of rotatable bonds is 6. The van der Waals surface area contributed by atoms with Crippen LogP contribution in [0.25, 0.3) is 0 Å². The van der Waals surface area contributed by atoms with E-state index in [4.69, 9.17) is 0 Å². The van der Waals surface area contributed by atoms with Gasteiger partial charge in [-0.05, 0) is 17.7 Å². The number of halogens is 3. The number of carbonyl (C=O) groups excluding carboxylic acids is 1. The fraction of sp³-hybridized carbons (Fsp3) is 0.167. The fourth-order valence-corrected chi connectivity index (χ4v) is 2.37. The summed E-state index contributed by atoms with van der Waals surface area (Å²) < 4.78 is 40.2. The van der Waals surface area contributed by atoms with Crippen molar-refractivity contribution in [2.24, 2.45) is 20.3 Å². The zero-order valence-electron chi connectivity index (χ0n) is 11.2. The Morgan fingerprint density at radius 2 is 1.39 bits per heavy atom. The monoisotopic (exact) mass is 321 g/mol. The molecule has 0 N–H and O–H groups in total. The average Bonchev–Trinajstić information content (AvgIpc) is 3.43. The Morgan fingerprint density at radius 1 is 0.957 bits per heavy atom. The third-order valence-corrected chi connectivity index (χ3v) is 3.52. The van der Waals surface area contributed by atoms with Crippen molar-refractivity contribution in [3.8, 4) is 0 Å². The highest BCUT2D eigenvalue weighted by atomic mass is 19.1. The Bertz CT molecular complexity index is 768. The van der Waals surface area contributed by atoms with E-state index in [0.29, 0.717) is 11.3 Å². The largest absolute Gasteiger partial charge is 0.326 e. The zero-order valence-corrected chi connectivity index (χ0v) is 11.2. The highest BCUT2D eigenvalue weighted by molar-refractivity contribution is 5.90. The molecule has 0 saturated carbocycles. The molecule has 0 amide bonds. The first kappa shape index (κ1) is 13.5. The van der Waals surface area contributed by atoms with E-state index in [0.717, 1.165) is 15.0 Å². The topological polar surface area (TPSA) is 75.5 Å². The van der Waals surface area contributed by atoms with E-state index in [-0.39, 0.29) is 6.42 Å². The number of hydrogen-bond acceptors (Lipinski definition) is 8. The van der Waals surface area contributed by atoms with Crippen LogP contribution in [0.4, 0.5) is 18.9 Å². The van der Waals surface area contributed by atoms with Gasteiger partial charge in [-0.3, -0.25) is 0 Å². The van der Waals surface area contributed by atoms with Crippen LogP contribution in [-0.4, -0.2) is 45.2 Å². The van der Waals surface area contributed by atoms with E-state index in [9.17, 15) is 18.0 Å². The molecule has 4 rings (SSSR count). The second kappa shape index (κ2) is 4.40. The summed E-state index contributed by atoms with van der Waals surface area (Å²) in [5, 5.41) is 12.6. The molecule has 0 aromatic heterocycles. The third-order valence-electron chi connectivity index (χ3n) is 3.52. The van der Waals surface area contributed by atoms with Crippen molar-refractivity contribution < 1.29 is 18.0 Å². The summed E-state index contributed by atoms with van der Waals surface area (Å²) in [7, 11) is 0. The molecule has 3 aliphatic heterocycles. The van der Waals surface area contributed by atoms with E-state index < -0.39 is 24.1 Å². The van der Waals surface area contributed by atoms with Crippen LogP contribution in [0, 0.1) is 0 Å². The van der Waals surface area contributed by atoms with Gasteiger partial charge in [-0.25, -0.2) is 4.79 Å². The molecule has 23 heavy (non-hydrogen) atoms. The molecule has 11 heteroatoms. The zero-order chi connectivity index (χ0) is 16.2. The van der Waals surface area contributed by atoms with Crippen LogP contribution in [0.3, 0.4) is 0 Å². The first-order chi connectivity index (χ1) is 11.1. The Morgan fingerprint density at radius 3 is 1.74 bits per heavy atom. The van der Waals surface area contributed by atoms with Crippen LogP contribution in [-0.2, 0) is 11.2 Å². The van der Waals surface area contributed by atoms with Crippen molar-refractivity contribution >= 4 is 30.0 Å². The van der Waals surface area contributed by atoms with E-state index in [2.05, 4.69) is 20.3 Å². The van der Waals surface area contributed by atoms with Gasteiger partial charge in [0.05, 0.1) is 5.69 Å². The van der Waals surface area contributed by atoms with Crippen molar-refractivity contribution in [3.63, 3.8) is 0 Å². The van der Waals surface area contributed by atoms with Crippen LogP contribution >= 0.6 is 0 Å². The minimum Gasteiger partial charge on any atom is -0.211 e. The van der Waals surface area contributed by atoms with Gasteiger partial charge in [-0.2, -0.15) is 33.2 Å². The van der Waals surface area contributed by atoms with Crippen molar-refractivity contribution in [1.29, 1.82) is 0 Å². The van der Waals surface area contributed by atoms with Crippen molar-refractivity contribution in [2.45, 2.75) is 12.2 Å². The molecule has 3 aliphatic rings. The molecule has 1 aromatic carbocycles. The molecule has 0 bridgehead atoms. The van der Waals surface area contributed by atoms with Crippen molar-refractivity contribution in [2.75, 3.05) is 0 Å². The maximum absolute atomic E-state index is 13.4. The predicted octanol–water partition coefficient (Wildman–Crippen LogP) is 1.52. The number of isocyanates is 1. The standard InChI is InChI=1S/C12H6F3N7O/c13-9-17-20(9)12(21-10(14)18-21,22-11(15)19-22)5-7-1-3-8(4-2-7)16-6-23/h1-4H,5H2. The van der Waals surface area contributed by atoms with Gasteiger partial charge in [0, 0.05) is 6.42 Å². The number of hydrazone groups is 3. The SMILES string of the molecule is O=C=Nc1ccc(CC(N2N=C2F)(N2N=C2F)N2N=C2F)cc1. The molecule has 116 valence electrons. The molecule has 1 aromatic rings. The summed E-state index contributed by atoms with van der Waals surface area (Å²) in [5.41, 5.74) is 0.946. The number of nitrogens with zero attached hydrogens (tertiary/aromatic N) is 7. The lowest BCUT2D eigenvalue weighted by Crippen LogP contribution is -2.58. The molecule has 8 nitrogen and oxygen atoms in total. The van der Waals surface area contributed by atoms with Crippen LogP contribution < -0.4 is 0 Å². The van der Waals surface area contributed by atoms with Gasteiger partial charge >= 0.3 is 18.3 Å². The van der Waals surface area contributed by atoms with Crippen LogP contribution in [0.1, 0.15) is 5.56 Å². The molecule has 0 atom stereocenters. The maximum Gasteiger partial charge on any atom is 0.326 e. The van der Waals surface area contributed by atoms with Gasteiger partial charge in [-0.15, -0.1) is 15.3 Å². The highest BCUT2D eigenvalue weighted by Gasteiger charge is 2.66. The first-order valence-corrected chi connectivity index (χ1v) is 6.36. The lowest BCUT2D eigenvalue weighted by Gasteiger charge is -2.33. The molecule has 0 unspecified atom stereocenters. The Labute approximate surface area is 126 Å². The smallest absolute Gasteiger partial charge is 0.211 e. The summed E-state index contributed by atoms with van der Waals surface area (Å²) in [6, 6.07) is 6.19. The Balaban J connectivity index is 1.64. The highest BCUT2D eigenvalue weighted by Crippen LogP contribution is 2.44. The number of benzene rings is 1. The van der Waals surface area contributed by atoms with Crippen molar-refractivity contribution in [1.82, 2.24) is 15.0 Å². The van der Waals surface area contributed by atoms with Crippen LogP contribution in [0.2, 0.25) is 0 Å². The average molecular weight is 321 g/mol. The lowest BCUT2D eigenvalue weighted by atomic mass is 10.1.